The van der Waals surface area contributed by atoms with Crippen LogP contribution in [0.3, 0.4) is 0 Å². The average Bonchev–Trinajstić information content (AvgIpc) is 2.86. The van der Waals surface area contributed by atoms with Gasteiger partial charge in [0.25, 0.3) is 11.8 Å². The molecular formula is C26H23N3O8. The number of fused-ring (bicyclic) bond motifs is 3. The lowest BCUT2D eigenvalue weighted by molar-refractivity contribution is -0.144. The van der Waals surface area contributed by atoms with Crippen LogP contribution in [0, 0.1) is 11.8 Å². The summed E-state index contributed by atoms with van der Waals surface area (Å²) >= 11 is 0. The minimum absolute atomic E-state index is 0.0278. The van der Waals surface area contributed by atoms with Gasteiger partial charge in [-0.1, -0.05) is 6.07 Å². The predicted octanol–water partition coefficient (Wildman–Crippen LogP) is 0.905. The molecule has 0 aliphatic heterocycles. The second-order valence-corrected chi connectivity index (χ2v) is 9.43. The van der Waals surface area contributed by atoms with Crippen molar-refractivity contribution in [1.29, 1.82) is 0 Å². The third kappa shape index (κ3) is 3.58. The SMILES string of the molecule is NC(=O)C1=C(O)C[C@@H]2C[C@@H]3Cc4c(CNC(=O)c5cccnc5)ccc(O)c4C(=O)C3=C(O)[C@]2(O)C1=O. The molecule has 11 heteroatoms. The number of hydrogen-bond donors (Lipinski definition) is 6. The minimum atomic E-state index is -2.61. The number of aromatic hydroxyl groups is 1. The van der Waals surface area contributed by atoms with E-state index in [1.807, 2.05) is 0 Å². The van der Waals surface area contributed by atoms with Gasteiger partial charge in [0.2, 0.25) is 5.78 Å². The molecule has 2 amide bonds. The van der Waals surface area contributed by atoms with Gasteiger partial charge in [-0.3, -0.25) is 24.2 Å². The zero-order chi connectivity index (χ0) is 26.6. The number of nitrogens with one attached hydrogen (secondary N) is 1. The van der Waals surface area contributed by atoms with Crippen molar-refractivity contribution < 1.29 is 39.6 Å². The summed E-state index contributed by atoms with van der Waals surface area (Å²) < 4.78 is 0. The first-order valence-electron chi connectivity index (χ1n) is 11.5. The lowest BCUT2D eigenvalue weighted by atomic mass is 9.60. The molecule has 37 heavy (non-hydrogen) atoms. The summed E-state index contributed by atoms with van der Waals surface area (Å²) in [5, 5.41) is 45.9. The smallest absolute Gasteiger partial charge is 0.255 e. The Hall–Kier alpha value is -4.51. The molecule has 3 aliphatic carbocycles. The standard InChI is InChI=1S/C26H23N3O8/c27-24(35)20-17(31)8-14-6-13-7-15-11(10-29-25(36)12-2-1-5-28-9-12)3-4-16(30)19(15)21(32)18(13)22(33)26(14,37)23(20)34/h1-5,9,13-14,30-31,33,37H,6-8,10H2,(H2,27,35)(H,29,36)/t13-,14+,26+/m1/s1. The molecule has 0 bridgehead atoms. The van der Waals surface area contributed by atoms with E-state index < -0.39 is 52.0 Å². The Bertz CT molecular complexity index is 1450. The number of aromatic nitrogens is 1. The van der Waals surface area contributed by atoms with Crippen molar-refractivity contribution in [3.05, 3.63) is 81.6 Å². The zero-order valence-electron chi connectivity index (χ0n) is 19.4. The van der Waals surface area contributed by atoms with E-state index in [1.54, 1.807) is 18.2 Å². The Morgan fingerprint density at radius 2 is 1.89 bits per heavy atom. The molecule has 190 valence electrons. The van der Waals surface area contributed by atoms with E-state index in [-0.39, 0.29) is 48.6 Å². The Kier molecular flexibility index (Phi) is 5.60. The fourth-order valence-corrected chi connectivity index (χ4v) is 5.62. The third-order valence-electron chi connectivity index (χ3n) is 7.41. The highest BCUT2D eigenvalue weighted by Gasteiger charge is 2.59. The quantitative estimate of drug-likeness (QED) is 0.327. The lowest BCUT2D eigenvalue weighted by Gasteiger charge is -2.45. The number of phenolic OH excluding ortho intramolecular Hbond substituents is 1. The second kappa shape index (κ2) is 8.56. The topological polar surface area (TPSA) is 200 Å². The van der Waals surface area contributed by atoms with Crippen LogP contribution >= 0.6 is 0 Å². The average molecular weight is 505 g/mol. The summed E-state index contributed by atoms with van der Waals surface area (Å²) in [4.78, 5) is 54.7. The number of nitrogens with two attached hydrogens (primary N) is 1. The Morgan fingerprint density at radius 3 is 2.57 bits per heavy atom. The number of phenols is 1. The van der Waals surface area contributed by atoms with Gasteiger partial charge in [0, 0.05) is 36.9 Å². The first-order chi connectivity index (χ1) is 17.6. The van der Waals surface area contributed by atoms with Gasteiger partial charge in [0.1, 0.15) is 22.8 Å². The highest BCUT2D eigenvalue weighted by molar-refractivity contribution is 6.24. The van der Waals surface area contributed by atoms with Crippen molar-refractivity contribution in [2.75, 3.05) is 0 Å². The number of benzene rings is 1. The van der Waals surface area contributed by atoms with Crippen LogP contribution in [-0.2, 0) is 22.6 Å². The first kappa shape index (κ1) is 24.2. The molecule has 5 rings (SSSR count). The number of rotatable bonds is 4. The first-order valence-corrected chi connectivity index (χ1v) is 11.5. The fourth-order valence-electron chi connectivity index (χ4n) is 5.62. The molecule has 1 aromatic heterocycles. The van der Waals surface area contributed by atoms with E-state index in [4.69, 9.17) is 5.73 Å². The van der Waals surface area contributed by atoms with Gasteiger partial charge in [0.15, 0.2) is 11.4 Å². The van der Waals surface area contributed by atoms with Crippen LogP contribution in [0.4, 0.5) is 0 Å². The van der Waals surface area contributed by atoms with Gasteiger partial charge >= 0.3 is 0 Å². The van der Waals surface area contributed by atoms with Gasteiger partial charge in [-0.05, 0) is 48.1 Å². The second-order valence-electron chi connectivity index (χ2n) is 9.43. The molecule has 1 aromatic carbocycles. The summed E-state index contributed by atoms with van der Waals surface area (Å²) in [5.41, 5.74) is 2.80. The van der Waals surface area contributed by atoms with Gasteiger partial charge < -0.3 is 31.5 Å². The highest BCUT2D eigenvalue weighted by Crippen LogP contribution is 2.51. The minimum Gasteiger partial charge on any atom is -0.511 e. The summed E-state index contributed by atoms with van der Waals surface area (Å²) in [5.74, 6) is -7.21. The molecule has 3 aliphatic rings. The number of allylic oxidation sites excluding steroid dienone is 2. The molecular weight excluding hydrogens is 482 g/mol. The van der Waals surface area contributed by atoms with Gasteiger partial charge in [0.05, 0.1) is 11.1 Å². The molecule has 2 aromatic rings. The van der Waals surface area contributed by atoms with Crippen LogP contribution < -0.4 is 11.1 Å². The van der Waals surface area contributed by atoms with Crippen molar-refractivity contribution in [2.24, 2.45) is 17.6 Å². The Labute approximate surface area is 209 Å². The molecule has 0 spiro atoms. The molecule has 0 fully saturated rings. The molecule has 0 radical (unpaired) electrons. The number of amides is 2. The van der Waals surface area contributed by atoms with Crippen LogP contribution in [0.25, 0.3) is 0 Å². The molecule has 1 heterocycles. The highest BCUT2D eigenvalue weighted by atomic mass is 16.3. The number of Topliss-reactive ketones (excluding diaryl/α,β-unsaturated/α-hetero) is 2. The number of ketones is 2. The van der Waals surface area contributed by atoms with Crippen molar-refractivity contribution in [3.63, 3.8) is 0 Å². The summed E-state index contributed by atoms with van der Waals surface area (Å²) in [6, 6.07) is 6.09. The zero-order valence-corrected chi connectivity index (χ0v) is 19.4. The van der Waals surface area contributed by atoms with Crippen LogP contribution in [0.1, 0.15) is 44.7 Å². The number of aliphatic hydroxyl groups is 3. The van der Waals surface area contributed by atoms with E-state index in [2.05, 4.69) is 10.3 Å². The third-order valence-corrected chi connectivity index (χ3v) is 7.41. The predicted molar refractivity (Wildman–Crippen MR) is 126 cm³/mol. The number of aliphatic hydroxyl groups excluding tert-OH is 2. The van der Waals surface area contributed by atoms with Crippen molar-refractivity contribution in [1.82, 2.24) is 10.3 Å². The monoisotopic (exact) mass is 505 g/mol. The molecule has 0 saturated heterocycles. The maximum absolute atomic E-state index is 13.5. The Balaban J connectivity index is 1.53. The van der Waals surface area contributed by atoms with Crippen molar-refractivity contribution in [3.8, 4) is 5.75 Å². The molecule has 11 nitrogen and oxygen atoms in total. The van der Waals surface area contributed by atoms with E-state index in [0.717, 1.165) is 0 Å². The van der Waals surface area contributed by atoms with E-state index >= 15 is 0 Å². The van der Waals surface area contributed by atoms with Crippen molar-refractivity contribution >= 4 is 23.4 Å². The number of pyridine rings is 1. The number of carbonyl (C=O) groups is 4. The van der Waals surface area contributed by atoms with Gasteiger partial charge in [-0.15, -0.1) is 0 Å². The molecule has 7 N–H and O–H groups in total. The number of carbonyl (C=O) groups excluding carboxylic acids is 4. The van der Waals surface area contributed by atoms with Crippen LogP contribution in [0.2, 0.25) is 0 Å². The van der Waals surface area contributed by atoms with Crippen LogP contribution in [0.5, 0.6) is 5.75 Å². The maximum atomic E-state index is 13.5. The van der Waals surface area contributed by atoms with Crippen LogP contribution in [-0.4, -0.2) is 54.4 Å². The van der Waals surface area contributed by atoms with Gasteiger partial charge in [-0.2, -0.15) is 0 Å². The van der Waals surface area contributed by atoms with Crippen molar-refractivity contribution in [2.45, 2.75) is 31.4 Å². The van der Waals surface area contributed by atoms with E-state index in [1.165, 1.54) is 18.5 Å². The van der Waals surface area contributed by atoms with E-state index in [0.29, 0.717) is 16.7 Å². The Morgan fingerprint density at radius 1 is 1.14 bits per heavy atom. The number of hydrogen-bond acceptors (Lipinski definition) is 9. The lowest BCUT2D eigenvalue weighted by Crippen LogP contribution is -2.57. The number of nitrogens with zero attached hydrogens (tertiary/aromatic N) is 1. The molecule has 0 unspecified atom stereocenters. The number of primary amides is 1. The summed E-state index contributed by atoms with van der Waals surface area (Å²) in [6.07, 6.45) is 2.83. The fraction of sp³-hybridized carbons (Fsp3) is 0.269. The van der Waals surface area contributed by atoms with Gasteiger partial charge in [-0.25, -0.2) is 0 Å². The molecule has 3 atom stereocenters. The normalized spacial score (nSPS) is 24.8. The van der Waals surface area contributed by atoms with E-state index in [9.17, 15) is 39.6 Å². The summed E-state index contributed by atoms with van der Waals surface area (Å²) in [7, 11) is 0. The van der Waals surface area contributed by atoms with Crippen LogP contribution in [0.15, 0.2) is 59.3 Å². The largest absolute Gasteiger partial charge is 0.511 e. The maximum Gasteiger partial charge on any atom is 0.255 e. The summed E-state index contributed by atoms with van der Waals surface area (Å²) in [6.45, 7) is 0.0404. The molecule has 0 saturated carbocycles.